The van der Waals surface area contributed by atoms with E-state index in [0.717, 1.165) is 53.5 Å². The fourth-order valence-corrected chi connectivity index (χ4v) is 7.44. The van der Waals surface area contributed by atoms with Crippen LogP contribution in [0.2, 0.25) is 0 Å². The number of imidazole rings is 1. The van der Waals surface area contributed by atoms with Crippen molar-refractivity contribution < 1.29 is 14.4 Å². The predicted octanol–water partition coefficient (Wildman–Crippen LogP) is 3.67. The second-order valence-corrected chi connectivity index (χ2v) is 12.0. The molecule has 202 valence electrons. The average molecular weight is 526 g/mol. The zero-order chi connectivity index (χ0) is 26.5. The fraction of sp³-hybridized carbons (Fsp3) is 0.484. The van der Waals surface area contributed by atoms with Crippen molar-refractivity contribution in [1.29, 1.82) is 0 Å². The molecule has 3 aliphatic heterocycles. The summed E-state index contributed by atoms with van der Waals surface area (Å²) in [6.45, 7) is 4.00. The van der Waals surface area contributed by atoms with Crippen molar-refractivity contribution >= 4 is 23.6 Å². The number of fused-ring (bicyclic) bond motifs is 3. The largest absolute Gasteiger partial charge is 0.354 e. The number of likely N-dealkylation sites (tertiary alicyclic amines) is 1. The molecule has 1 saturated carbocycles. The molecular formula is C31H35N5O3. The molecule has 2 amide bonds. The maximum atomic E-state index is 13.3. The van der Waals surface area contributed by atoms with E-state index in [1.54, 1.807) is 4.90 Å². The van der Waals surface area contributed by atoms with Gasteiger partial charge in [-0.3, -0.25) is 18.9 Å². The third-order valence-corrected chi connectivity index (χ3v) is 9.53. The summed E-state index contributed by atoms with van der Waals surface area (Å²) in [6.07, 6.45) is 11.9. The fourth-order valence-electron chi connectivity index (χ4n) is 7.44. The number of hydrogen-bond acceptors (Lipinski definition) is 5. The standard InChI is InChI=1S/C31H35N5O3/c37-18-21-11-29(30(38)33-13-21)35-17-25-12-23(5-6-27(25)31(35)39)28-10-20(9-26-14-32-19-36(26)28)15-34-8-7-22-3-1-2-4-24(22)16-34/h5-6,9-10,12,14,18-19,21-22,24,29H,1-4,7-8,11,13,15-17H2,(H,33,38). The number of benzene rings is 1. The topological polar surface area (TPSA) is 87.0 Å². The Morgan fingerprint density at radius 2 is 1.92 bits per heavy atom. The molecule has 3 fully saturated rings. The third-order valence-electron chi connectivity index (χ3n) is 9.53. The summed E-state index contributed by atoms with van der Waals surface area (Å²) in [6, 6.07) is 9.86. The zero-order valence-electron chi connectivity index (χ0n) is 22.2. The van der Waals surface area contributed by atoms with Crippen LogP contribution in [0.4, 0.5) is 0 Å². The van der Waals surface area contributed by atoms with Crippen LogP contribution in [0.5, 0.6) is 0 Å². The summed E-state index contributed by atoms with van der Waals surface area (Å²) in [4.78, 5) is 45.9. The van der Waals surface area contributed by atoms with Crippen LogP contribution in [0, 0.1) is 17.8 Å². The summed E-state index contributed by atoms with van der Waals surface area (Å²) in [5, 5.41) is 2.79. The first-order chi connectivity index (χ1) is 19.1. The second-order valence-electron chi connectivity index (χ2n) is 12.0. The van der Waals surface area contributed by atoms with E-state index < -0.39 is 6.04 Å². The molecule has 1 N–H and O–H groups in total. The van der Waals surface area contributed by atoms with E-state index >= 15 is 0 Å². The van der Waals surface area contributed by atoms with E-state index in [-0.39, 0.29) is 17.7 Å². The first-order valence-corrected chi connectivity index (χ1v) is 14.4. The van der Waals surface area contributed by atoms with Crippen molar-refractivity contribution in [2.24, 2.45) is 17.8 Å². The van der Waals surface area contributed by atoms with Crippen molar-refractivity contribution in [2.45, 2.75) is 57.7 Å². The number of amides is 2. The van der Waals surface area contributed by atoms with Gasteiger partial charge in [-0.2, -0.15) is 0 Å². The zero-order valence-corrected chi connectivity index (χ0v) is 22.2. The minimum atomic E-state index is -0.616. The molecule has 7 rings (SSSR count). The van der Waals surface area contributed by atoms with Crippen LogP contribution >= 0.6 is 0 Å². The highest BCUT2D eigenvalue weighted by molar-refractivity contribution is 6.02. The Morgan fingerprint density at radius 3 is 2.79 bits per heavy atom. The molecule has 39 heavy (non-hydrogen) atoms. The number of hydrogen-bond donors (Lipinski definition) is 1. The Balaban J connectivity index is 1.16. The Bertz CT molecular complexity index is 1450. The molecule has 8 heteroatoms. The van der Waals surface area contributed by atoms with Crippen LogP contribution in [-0.2, 0) is 22.7 Å². The Hall–Kier alpha value is -3.52. The van der Waals surface area contributed by atoms with Crippen molar-refractivity contribution in [2.75, 3.05) is 19.6 Å². The van der Waals surface area contributed by atoms with Crippen molar-refractivity contribution in [3.63, 3.8) is 0 Å². The monoisotopic (exact) mass is 525 g/mol. The van der Waals surface area contributed by atoms with Gasteiger partial charge < -0.3 is 15.0 Å². The van der Waals surface area contributed by atoms with E-state index in [4.69, 9.17) is 0 Å². The number of aromatic nitrogens is 2. The lowest BCUT2D eigenvalue weighted by Gasteiger charge is -2.41. The maximum absolute atomic E-state index is 13.3. The van der Waals surface area contributed by atoms with Crippen LogP contribution in [-0.4, -0.2) is 63.0 Å². The number of nitrogens with zero attached hydrogens (tertiary/aromatic N) is 4. The van der Waals surface area contributed by atoms with Crippen molar-refractivity contribution in [3.8, 4) is 11.3 Å². The normalized spacial score (nSPS) is 27.3. The van der Waals surface area contributed by atoms with Gasteiger partial charge in [-0.25, -0.2) is 4.98 Å². The Labute approximate surface area is 228 Å². The molecule has 8 nitrogen and oxygen atoms in total. The first-order valence-electron chi connectivity index (χ1n) is 14.4. The van der Waals surface area contributed by atoms with Crippen LogP contribution in [0.15, 0.2) is 42.9 Å². The molecule has 2 saturated heterocycles. The summed E-state index contributed by atoms with van der Waals surface area (Å²) >= 11 is 0. The Morgan fingerprint density at radius 1 is 1.05 bits per heavy atom. The minimum absolute atomic E-state index is 0.143. The van der Waals surface area contributed by atoms with Crippen LogP contribution in [0.1, 0.15) is 60.0 Å². The smallest absolute Gasteiger partial charge is 0.255 e. The number of carbonyl (C=O) groups excluding carboxylic acids is 3. The van der Waals surface area contributed by atoms with E-state index in [0.29, 0.717) is 25.1 Å². The molecule has 4 atom stereocenters. The van der Waals surface area contributed by atoms with Gasteiger partial charge in [0.2, 0.25) is 5.91 Å². The van der Waals surface area contributed by atoms with Gasteiger partial charge in [0.1, 0.15) is 12.3 Å². The molecule has 4 aliphatic rings. The van der Waals surface area contributed by atoms with Gasteiger partial charge in [0, 0.05) is 37.7 Å². The summed E-state index contributed by atoms with van der Waals surface area (Å²) in [5.41, 5.74) is 5.97. The molecule has 2 aromatic heterocycles. The molecule has 5 heterocycles. The van der Waals surface area contributed by atoms with Gasteiger partial charge in [-0.1, -0.05) is 25.3 Å². The molecular weight excluding hydrogens is 490 g/mol. The number of nitrogens with one attached hydrogen (secondary N) is 1. The van der Waals surface area contributed by atoms with Crippen LogP contribution < -0.4 is 5.32 Å². The molecule has 1 aromatic carbocycles. The predicted molar refractivity (Wildman–Crippen MR) is 147 cm³/mol. The summed E-state index contributed by atoms with van der Waals surface area (Å²) in [5.74, 6) is 1.17. The third kappa shape index (κ3) is 4.44. The van der Waals surface area contributed by atoms with E-state index in [9.17, 15) is 14.4 Å². The highest BCUT2D eigenvalue weighted by atomic mass is 16.2. The van der Waals surface area contributed by atoms with E-state index in [1.165, 1.54) is 44.2 Å². The SMILES string of the molecule is O=CC1CNC(=O)C(N2Cc3cc(-c4cc(CN5CCC6CCCCC6C5)cc5cncn45)ccc3C2=O)C1. The Kier molecular flexibility index (Phi) is 6.22. The highest BCUT2D eigenvalue weighted by Crippen LogP contribution is 2.37. The number of pyridine rings is 1. The number of aldehydes is 1. The van der Waals surface area contributed by atoms with Crippen LogP contribution in [0.25, 0.3) is 16.8 Å². The number of rotatable bonds is 5. The minimum Gasteiger partial charge on any atom is -0.354 e. The van der Waals surface area contributed by atoms with Gasteiger partial charge in [0.15, 0.2) is 0 Å². The highest BCUT2D eigenvalue weighted by Gasteiger charge is 2.40. The molecule has 0 spiro atoms. The van der Waals surface area contributed by atoms with E-state index in [1.807, 2.05) is 24.7 Å². The van der Waals surface area contributed by atoms with Crippen LogP contribution in [0.3, 0.4) is 0 Å². The lowest BCUT2D eigenvalue weighted by Crippen LogP contribution is -2.53. The van der Waals surface area contributed by atoms with Gasteiger partial charge in [0.05, 0.1) is 23.7 Å². The van der Waals surface area contributed by atoms with Gasteiger partial charge >= 0.3 is 0 Å². The van der Waals surface area contributed by atoms with Gasteiger partial charge in [-0.15, -0.1) is 0 Å². The van der Waals surface area contributed by atoms with E-state index in [2.05, 4.69) is 37.8 Å². The van der Waals surface area contributed by atoms with Gasteiger partial charge in [0.25, 0.3) is 5.91 Å². The van der Waals surface area contributed by atoms with Gasteiger partial charge in [-0.05, 0) is 78.6 Å². The molecule has 3 aromatic rings. The number of piperidine rings is 2. The average Bonchev–Trinajstić information content (AvgIpc) is 3.57. The molecule has 1 aliphatic carbocycles. The maximum Gasteiger partial charge on any atom is 0.255 e. The van der Waals surface area contributed by atoms with Crippen molar-refractivity contribution in [1.82, 2.24) is 24.5 Å². The summed E-state index contributed by atoms with van der Waals surface area (Å²) in [7, 11) is 0. The number of carbonyl (C=O) groups is 3. The molecule has 4 unspecified atom stereocenters. The quantitative estimate of drug-likeness (QED) is 0.514. The molecule has 0 bridgehead atoms. The van der Waals surface area contributed by atoms with Crippen molar-refractivity contribution in [3.05, 3.63) is 59.5 Å². The summed E-state index contributed by atoms with van der Waals surface area (Å²) < 4.78 is 2.11. The lowest BCUT2D eigenvalue weighted by atomic mass is 9.75. The second kappa shape index (κ2) is 9.90. The first kappa shape index (κ1) is 24.5. The molecule has 0 radical (unpaired) electrons. The lowest BCUT2D eigenvalue weighted by molar-refractivity contribution is -0.129.